The minimum atomic E-state index is -0.244. The molecule has 1 heterocycles. The summed E-state index contributed by atoms with van der Waals surface area (Å²) in [4.78, 5) is 22.6. The molecule has 1 aromatic rings. The highest BCUT2D eigenvalue weighted by atomic mass is 79.9. The van der Waals surface area contributed by atoms with E-state index in [4.69, 9.17) is 9.15 Å². The lowest BCUT2D eigenvalue weighted by Crippen LogP contribution is -2.24. The zero-order valence-electron chi connectivity index (χ0n) is 9.49. The van der Waals surface area contributed by atoms with Crippen LogP contribution in [-0.2, 0) is 9.53 Å². The van der Waals surface area contributed by atoms with E-state index in [9.17, 15) is 9.59 Å². The zero-order valence-corrected chi connectivity index (χ0v) is 11.1. The van der Waals surface area contributed by atoms with Gasteiger partial charge in [-0.25, -0.2) is 0 Å². The van der Waals surface area contributed by atoms with Crippen molar-refractivity contribution >= 4 is 27.8 Å². The summed E-state index contributed by atoms with van der Waals surface area (Å²) in [6.45, 7) is 2.57. The maximum atomic E-state index is 11.6. The van der Waals surface area contributed by atoms with Gasteiger partial charge < -0.3 is 14.5 Å². The van der Waals surface area contributed by atoms with Crippen LogP contribution in [0.4, 0.5) is 0 Å². The number of esters is 1. The minimum Gasteiger partial charge on any atom is -0.466 e. The number of furan rings is 1. The number of carbonyl (C=O) groups is 2. The molecule has 0 unspecified atom stereocenters. The Hall–Kier alpha value is -1.30. The predicted octanol–water partition coefficient (Wildman–Crippen LogP) is 2.12. The third-order valence-electron chi connectivity index (χ3n) is 2.01. The Balaban J connectivity index is 2.21. The summed E-state index contributed by atoms with van der Waals surface area (Å²) in [5.41, 5.74) is 0.445. The number of hydrogen-bond acceptors (Lipinski definition) is 4. The third-order valence-corrected chi connectivity index (χ3v) is 2.63. The summed E-state index contributed by atoms with van der Waals surface area (Å²) in [6, 6.07) is 1.57. The molecule has 94 valence electrons. The van der Waals surface area contributed by atoms with Crippen molar-refractivity contribution in [3.8, 4) is 0 Å². The Morgan fingerprint density at radius 3 is 2.88 bits per heavy atom. The summed E-state index contributed by atoms with van der Waals surface area (Å²) in [5, 5.41) is 2.69. The van der Waals surface area contributed by atoms with Crippen molar-refractivity contribution in [3.63, 3.8) is 0 Å². The number of carbonyl (C=O) groups excluding carboxylic acids is 2. The molecular formula is C11H14BrNO4. The lowest BCUT2D eigenvalue weighted by Gasteiger charge is -2.04. The van der Waals surface area contributed by atoms with Crippen LogP contribution in [0.1, 0.15) is 30.1 Å². The molecule has 0 atom stereocenters. The van der Waals surface area contributed by atoms with E-state index in [0.717, 1.165) is 0 Å². The van der Waals surface area contributed by atoms with Crippen LogP contribution in [-0.4, -0.2) is 25.0 Å². The molecule has 0 aliphatic carbocycles. The van der Waals surface area contributed by atoms with Crippen LogP contribution in [0.25, 0.3) is 0 Å². The summed E-state index contributed by atoms with van der Waals surface area (Å²) < 4.78 is 10.1. The van der Waals surface area contributed by atoms with Gasteiger partial charge >= 0.3 is 5.97 Å². The van der Waals surface area contributed by atoms with Crippen molar-refractivity contribution < 1.29 is 18.7 Å². The quantitative estimate of drug-likeness (QED) is 0.645. The highest BCUT2D eigenvalue weighted by molar-refractivity contribution is 9.10. The lowest BCUT2D eigenvalue weighted by atomic mass is 10.3. The first-order valence-electron chi connectivity index (χ1n) is 5.32. The van der Waals surface area contributed by atoms with Crippen LogP contribution in [0.3, 0.4) is 0 Å². The smallest absolute Gasteiger partial charge is 0.305 e. The summed E-state index contributed by atoms with van der Waals surface area (Å²) >= 11 is 3.12. The molecule has 17 heavy (non-hydrogen) atoms. The highest BCUT2D eigenvalue weighted by Crippen LogP contribution is 2.16. The molecule has 0 radical (unpaired) electrons. The molecule has 0 aliphatic rings. The van der Waals surface area contributed by atoms with Crippen molar-refractivity contribution in [2.45, 2.75) is 19.8 Å². The highest BCUT2D eigenvalue weighted by Gasteiger charge is 2.11. The van der Waals surface area contributed by atoms with E-state index in [1.807, 2.05) is 0 Å². The number of nitrogens with one attached hydrogen (secondary N) is 1. The van der Waals surface area contributed by atoms with Crippen LogP contribution in [0.5, 0.6) is 0 Å². The van der Waals surface area contributed by atoms with Crippen molar-refractivity contribution in [3.05, 3.63) is 22.6 Å². The maximum absolute atomic E-state index is 11.6. The monoisotopic (exact) mass is 303 g/mol. The average molecular weight is 304 g/mol. The Morgan fingerprint density at radius 1 is 1.53 bits per heavy atom. The molecule has 6 heteroatoms. The maximum Gasteiger partial charge on any atom is 0.305 e. The van der Waals surface area contributed by atoms with E-state index in [0.29, 0.717) is 36.2 Å². The van der Waals surface area contributed by atoms with Crippen molar-refractivity contribution in [1.29, 1.82) is 0 Å². The number of amides is 1. The first-order chi connectivity index (χ1) is 8.15. The molecule has 0 saturated carbocycles. The van der Waals surface area contributed by atoms with Gasteiger partial charge in [-0.15, -0.1) is 0 Å². The Morgan fingerprint density at radius 2 is 2.29 bits per heavy atom. The van der Waals surface area contributed by atoms with Crippen LogP contribution in [0.15, 0.2) is 21.4 Å². The molecule has 0 aromatic carbocycles. The number of ether oxygens (including phenoxy) is 1. The first-order valence-corrected chi connectivity index (χ1v) is 6.11. The van der Waals surface area contributed by atoms with Gasteiger partial charge in [0.05, 0.1) is 18.4 Å². The predicted molar refractivity (Wildman–Crippen MR) is 64.6 cm³/mol. The van der Waals surface area contributed by atoms with Gasteiger partial charge in [0.15, 0.2) is 4.67 Å². The summed E-state index contributed by atoms with van der Waals surface area (Å²) in [6.07, 6.45) is 2.29. The van der Waals surface area contributed by atoms with Crippen LogP contribution >= 0.6 is 15.9 Å². The Kier molecular flexibility index (Phi) is 5.76. The van der Waals surface area contributed by atoms with Gasteiger partial charge in [0.2, 0.25) is 0 Å². The van der Waals surface area contributed by atoms with E-state index >= 15 is 0 Å². The molecule has 1 aromatic heterocycles. The molecular weight excluding hydrogens is 290 g/mol. The molecule has 5 nitrogen and oxygen atoms in total. The van der Waals surface area contributed by atoms with E-state index in [-0.39, 0.29) is 11.9 Å². The van der Waals surface area contributed by atoms with Gasteiger partial charge in [-0.05, 0) is 35.3 Å². The second-order valence-electron chi connectivity index (χ2n) is 3.27. The number of rotatable bonds is 6. The second-order valence-corrected chi connectivity index (χ2v) is 3.99. The molecule has 0 fully saturated rings. The van der Waals surface area contributed by atoms with Gasteiger partial charge in [0.25, 0.3) is 5.91 Å². The second kappa shape index (κ2) is 7.11. The van der Waals surface area contributed by atoms with Crippen LogP contribution in [0, 0.1) is 0 Å². The fourth-order valence-electron chi connectivity index (χ4n) is 1.22. The van der Waals surface area contributed by atoms with Gasteiger partial charge in [0.1, 0.15) is 0 Å². The van der Waals surface area contributed by atoms with Crippen LogP contribution in [0.2, 0.25) is 0 Å². The summed E-state index contributed by atoms with van der Waals surface area (Å²) in [5.74, 6) is -0.472. The van der Waals surface area contributed by atoms with Gasteiger partial charge in [-0.1, -0.05) is 0 Å². The standard InChI is InChI=1S/C11H14BrNO4/c1-2-16-9(14)4-3-6-13-11(15)8-5-7-17-10(8)12/h5,7H,2-4,6H2,1H3,(H,13,15). The Bertz CT molecular complexity index is 389. The third kappa shape index (κ3) is 4.60. The fourth-order valence-corrected chi connectivity index (χ4v) is 1.64. The molecule has 0 spiro atoms. The molecule has 1 N–H and O–H groups in total. The van der Waals surface area contributed by atoms with E-state index in [1.165, 1.54) is 6.26 Å². The molecule has 0 saturated heterocycles. The Labute approximate surface area is 108 Å². The van der Waals surface area contributed by atoms with Gasteiger partial charge in [-0.3, -0.25) is 9.59 Å². The van der Waals surface area contributed by atoms with Crippen LogP contribution < -0.4 is 5.32 Å². The fraction of sp³-hybridized carbons (Fsp3) is 0.455. The van der Waals surface area contributed by atoms with E-state index in [1.54, 1.807) is 13.0 Å². The largest absolute Gasteiger partial charge is 0.466 e. The van der Waals surface area contributed by atoms with E-state index < -0.39 is 0 Å². The SMILES string of the molecule is CCOC(=O)CCCNC(=O)c1ccoc1Br. The first kappa shape index (κ1) is 13.8. The zero-order chi connectivity index (χ0) is 12.7. The molecule has 0 aliphatic heterocycles. The van der Waals surface area contributed by atoms with Crippen molar-refractivity contribution in [1.82, 2.24) is 5.32 Å². The minimum absolute atomic E-state index is 0.227. The number of hydrogen-bond donors (Lipinski definition) is 1. The van der Waals surface area contributed by atoms with E-state index in [2.05, 4.69) is 21.2 Å². The van der Waals surface area contributed by atoms with Gasteiger partial charge in [0, 0.05) is 13.0 Å². The topological polar surface area (TPSA) is 68.5 Å². The number of halogens is 1. The molecule has 1 rings (SSSR count). The summed E-state index contributed by atoms with van der Waals surface area (Å²) in [7, 11) is 0. The van der Waals surface area contributed by atoms with Gasteiger partial charge in [-0.2, -0.15) is 0 Å². The normalized spacial score (nSPS) is 10.0. The molecule has 0 bridgehead atoms. The molecule has 1 amide bonds. The average Bonchev–Trinajstić information content (AvgIpc) is 2.71. The lowest BCUT2D eigenvalue weighted by molar-refractivity contribution is -0.143. The van der Waals surface area contributed by atoms with Crippen molar-refractivity contribution in [2.24, 2.45) is 0 Å². The van der Waals surface area contributed by atoms with Crippen molar-refractivity contribution in [2.75, 3.05) is 13.2 Å².